The van der Waals surface area contributed by atoms with Crippen LogP contribution in [0.1, 0.15) is 48.9 Å². The number of benzene rings is 1. The molecule has 1 aromatic heterocycles. The molecule has 0 saturated carbocycles. The molecule has 2 aliphatic heterocycles. The highest BCUT2D eigenvalue weighted by Crippen LogP contribution is 2.32. The fourth-order valence-corrected chi connectivity index (χ4v) is 4.63. The number of piperidine rings is 1. The predicted octanol–water partition coefficient (Wildman–Crippen LogP) is 3.80. The third kappa shape index (κ3) is 3.60. The zero-order chi connectivity index (χ0) is 19.8. The number of rotatable bonds is 4. The Morgan fingerprint density at radius 1 is 1.11 bits per heavy atom. The van der Waals surface area contributed by atoms with Crippen molar-refractivity contribution in [1.29, 1.82) is 0 Å². The molecule has 3 heterocycles. The van der Waals surface area contributed by atoms with Crippen LogP contribution in [0.4, 0.5) is 0 Å². The van der Waals surface area contributed by atoms with Crippen molar-refractivity contribution in [2.75, 3.05) is 26.7 Å². The highest BCUT2D eigenvalue weighted by Gasteiger charge is 2.32. The molecule has 0 spiro atoms. The minimum absolute atomic E-state index is 0.130. The number of carbonyl (C=O) groups is 1. The van der Waals surface area contributed by atoms with Gasteiger partial charge in [-0.25, -0.2) is 4.98 Å². The highest BCUT2D eigenvalue weighted by atomic mass is 16.2. The minimum Gasteiger partial charge on any atom is -0.344 e. The second-order valence-electron chi connectivity index (χ2n) is 8.78. The molecular weight excluding hydrogens is 348 g/mol. The summed E-state index contributed by atoms with van der Waals surface area (Å²) in [6, 6.07) is 4.41. The maximum atomic E-state index is 12.6. The molecule has 5 nitrogen and oxygen atoms in total. The summed E-state index contributed by atoms with van der Waals surface area (Å²) in [4.78, 5) is 21.6. The van der Waals surface area contributed by atoms with Gasteiger partial charge in [-0.05, 0) is 69.3 Å². The summed E-state index contributed by atoms with van der Waals surface area (Å²) in [5.74, 6) is 1.95. The normalized spacial score (nSPS) is 21.6. The van der Waals surface area contributed by atoms with Gasteiger partial charge in [0.15, 0.2) is 0 Å². The van der Waals surface area contributed by atoms with E-state index in [2.05, 4.69) is 47.4 Å². The van der Waals surface area contributed by atoms with E-state index in [1.54, 1.807) is 0 Å². The largest absolute Gasteiger partial charge is 0.344 e. The SMILES string of the molecule is Cc1cc(CN2CCC(C)CC2)c(C)c(-c2nccn2C2CCN(C)C2=O)c1. The molecule has 5 heteroatoms. The molecule has 4 rings (SSSR count). The van der Waals surface area contributed by atoms with Crippen molar-refractivity contribution in [2.24, 2.45) is 5.92 Å². The van der Waals surface area contributed by atoms with Crippen LogP contribution in [0.2, 0.25) is 0 Å². The summed E-state index contributed by atoms with van der Waals surface area (Å²) < 4.78 is 2.08. The Morgan fingerprint density at radius 2 is 1.86 bits per heavy atom. The van der Waals surface area contributed by atoms with Gasteiger partial charge in [0.25, 0.3) is 0 Å². The molecule has 0 aliphatic carbocycles. The second-order valence-corrected chi connectivity index (χ2v) is 8.78. The number of carbonyl (C=O) groups excluding carboxylic acids is 1. The van der Waals surface area contributed by atoms with Crippen LogP contribution in [-0.2, 0) is 11.3 Å². The molecule has 2 fully saturated rings. The lowest BCUT2D eigenvalue weighted by Crippen LogP contribution is -2.32. The zero-order valence-corrected chi connectivity index (χ0v) is 17.6. The maximum absolute atomic E-state index is 12.6. The molecule has 0 bridgehead atoms. The number of imidazole rings is 1. The Hall–Kier alpha value is -2.14. The fraction of sp³-hybridized carbons (Fsp3) is 0.565. The minimum atomic E-state index is -0.130. The number of nitrogens with zero attached hydrogens (tertiary/aromatic N) is 4. The van der Waals surface area contributed by atoms with Crippen molar-refractivity contribution in [1.82, 2.24) is 19.4 Å². The van der Waals surface area contributed by atoms with Gasteiger partial charge in [0.2, 0.25) is 5.91 Å². The molecule has 1 unspecified atom stereocenters. The van der Waals surface area contributed by atoms with Crippen molar-refractivity contribution in [3.8, 4) is 11.4 Å². The van der Waals surface area contributed by atoms with E-state index in [1.165, 1.54) is 42.6 Å². The van der Waals surface area contributed by atoms with E-state index in [-0.39, 0.29) is 11.9 Å². The average molecular weight is 381 g/mol. The first-order valence-corrected chi connectivity index (χ1v) is 10.5. The number of aryl methyl sites for hydroxylation is 1. The summed E-state index contributed by atoms with van der Waals surface area (Å²) in [7, 11) is 1.88. The number of likely N-dealkylation sites (tertiary alicyclic amines) is 2. The number of hydrogen-bond donors (Lipinski definition) is 0. The summed E-state index contributed by atoms with van der Waals surface area (Å²) in [6.45, 7) is 10.9. The van der Waals surface area contributed by atoms with E-state index in [0.29, 0.717) is 0 Å². The van der Waals surface area contributed by atoms with Gasteiger partial charge in [-0.3, -0.25) is 9.69 Å². The standard InChI is InChI=1S/C23H32N4O/c1-16-5-10-26(11-6-16)15-19-13-17(2)14-20(18(19)3)22-24-8-12-27(22)21-7-9-25(4)23(21)28/h8,12-14,16,21H,5-7,9-11,15H2,1-4H3. The van der Waals surface area contributed by atoms with E-state index >= 15 is 0 Å². The van der Waals surface area contributed by atoms with E-state index in [9.17, 15) is 4.79 Å². The van der Waals surface area contributed by atoms with E-state index in [1.807, 2.05) is 24.3 Å². The maximum Gasteiger partial charge on any atom is 0.245 e. The molecular formula is C23H32N4O. The van der Waals surface area contributed by atoms with Crippen LogP contribution < -0.4 is 0 Å². The van der Waals surface area contributed by atoms with Gasteiger partial charge in [-0.1, -0.05) is 18.6 Å². The van der Waals surface area contributed by atoms with Crippen LogP contribution in [0.3, 0.4) is 0 Å². The third-order valence-electron chi connectivity index (χ3n) is 6.57. The van der Waals surface area contributed by atoms with Crippen molar-refractivity contribution < 1.29 is 4.79 Å². The van der Waals surface area contributed by atoms with Crippen LogP contribution >= 0.6 is 0 Å². The van der Waals surface area contributed by atoms with Gasteiger partial charge in [0.1, 0.15) is 11.9 Å². The predicted molar refractivity (Wildman–Crippen MR) is 112 cm³/mol. The number of likely N-dealkylation sites (N-methyl/N-ethyl adjacent to an activating group) is 1. The Bertz CT molecular complexity index is 863. The third-order valence-corrected chi connectivity index (χ3v) is 6.57. The van der Waals surface area contributed by atoms with E-state index in [0.717, 1.165) is 36.8 Å². The van der Waals surface area contributed by atoms with Gasteiger partial charge in [0, 0.05) is 38.1 Å². The monoisotopic (exact) mass is 380 g/mol. The van der Waals surface area contributed by atoms with Crippen molar-refractivity contribution in [3.63, 3.8) is 0 Å². The number of aromatic nitrogens is 2. The van der Waals surface area contributed by atoms with Crippen LogP contribution in [0.5, 0.6) is 0 Å². The summed E-state index contributed by atoms with van der Waals surface area (Å²) in [5.41, 5.74) is 5.09. The first-order valence-electron chi connectivity index (χ1n) is 10.5. The number of amides is 1. The molecule has 0 N–H and O–H groups in total. The van der Waals surface area contributed by atoms with Gasteiger partial charge in [-0.2, -0.15) is 0 Å². The molecule has 2 aliphatic rings. The smallest absolute Gasteiger partial charge is 0.245 e. The summed E-state index contributed by atoms with van der Waals surface area (Å²) >= 11 is 0. The number of hydrogen-bond acceptors (Lipinski definition) is 3. The summed E-state index contributed by atoms with van der Waals surface area (Å²) in [5, 5.41) is 0. The van der Waals surface area contributed by atoms with Crippen molar-refractivity contribution >= 4 is 5.91 Å². The van der Waals surface area contributed by atoms with Crippen LogP contribution in [0.25, 0.3) is 11.4 Å². The second kappa shape index (κ2) is 7.70. The molecule has 150 valence electrons. The molecule has 1 atom stereocenters. The topological polar surface area (TPSA) is 41.4 Å². The Labute approximate surface area is 168 Å². The highest BCUT2D eigenvalue weighted by molar-refractivity contribution is 5.83. The first kappa shape index (κ1) is 19.2. The fourth-order valence-electron chi connectivity index (χ4n) is 4.63. The first-order chi connectivity index (χ1) is 13.4. The molecule has 2 aromatic rings. The lowest BCUT2D eigenvalue weighted by Gasteiger charge is -2.31. The molecule has 1 amide bonds. The average Bonchev–Trinajstić information content (AvgIpc) is 3.27. The van der Waals surface area contributed by atoms with Gasteiger partial charge in [0.05, 0.1) is 0 Å². The summed E-state index contributed by atoms with van der Waals surface area (Å²) in [6.07, 6.45) is 7.22. The molecule has 1 aromatic carbocycles. The van der Waals surface area contributed by atoms with E-state index in [4.69, 9.17) is 0 Å². The lowest BCUT2D eigenvalue weighted by atomic mass is 9.95. The molecule has 0 radical (unpaired) electrons. The zero-order valence-electron chi connectivity index (χ0n) is 17.6. The molecule has 28 heavy (non-hydrogen) atoms. The van der Waals surface area contributed by atoms with Gasteiger partial charge in [-0.15, -0.1) is 0 Å². The van der Waals surface area contributed by atoms with Crippen molar-refractivity contribution in [3.05, 3.63) is 41.2 Å². The van der Waals surface area contributed by atoms with Gasteiger partial charge >= 0.3 is 0 Å². The van der Waals surface area contributed by atoms with Crippen LogP contribution in [0, 0.1) is 19.8 Å². The van der Waals surface area contributed by atoms with E-state index < -0.39 is 0 Å². The quantitative estimate of drug-likeness (QED) is 0.810. The van der Waals surface area contributed by atoms with Gasteiger partial charge < -0.3 is 9.47 Å². The Morgan fingerprint density at radius 3 is 2.54 bits per heavy atom. The van der Waals surface area contributed by atoms with Crippen LogP contribution in [-0.4, -0.2) is 51.9 Å². The lowest BCUT2D eigenvalue weighted by molar-refractivity contribution is -0.129. The Kier molecular flexibility index (Phi) is 5.28. The molecule has 2 saturated heterocycles. The Balaban J connectivity index is 1.65. The van der Waals surface area contributed by atoms with Crippen molar-refractivity contribution in [2.45, 2.75) is 52.6 Å². The van der Waals surface area contributed by atoms with Crippen LogP contribution in [0.15, 0.2) is 24.5 Å².